The highest BCUT2D eigenvalue weighted by Crippen LogP contribution is 2.44. The van der Waals surface area contributed by atoms with Gasteiger partial charge in [-0.2, -0.15) is 4.31 Å². The van der Waals surface area contributed by atoms with Gasteiger partial charge in [0.15, 0.2) is 5.25 Å². The Balaban J connectivity index is 1.85. The summed E-state index contributed by atoms with van der Waals surface area (Å²) in [4.78, 5) is 12.6. The fourth-order valence-corrected chi connectivity index (χ4v) is 6.01. The van der Waals surface area contributed by atoms with Crippen molar-refractivity contribution in [3.8, 4) is 5.75 Å². The van der Waals surface area contributed by atoms with Gasteiger partial charge in [-0.3, -0.25) is 4.79 Å². The number of aryl methyl sites for hydroxylation is 1. The maximum Gasteiger partial charge on any atom is 0.244 e. The van der Waals surface area contributed by atoms with Gasteiger partial charge in [0.2, 0.25) is 15.9 Å². The summed E-state index contributed by atoms with van der Waals surface area (Å²) in [6.45, 7) is 4.36. The molecule has 1 amide bonds. The van der Waals surface area contributed by atoms with Crippen molar-refractivity contribution in [1.82, 2.24) is 4.31 Å². The van der Waals surface area contributed by atoms with E-state index in [2.05, 4.69) is 5.32 Å². The third-order valence-electron chi connectivity index (χ3n) is 4.88. The second-order valence-electron chi connectivity index (χ2n) is 6.60. The van der Waals surface area contributed by atoms with Gasteiger partial charge in [-0.15, -0.1) is 0 Å². The number of benzene rings is 1. The molecule has 2 saturated heterocycles. The van der Waals surface area contributed by atoms with Crippen LogP contribution in [-0.2, 0) is 14.8 Å². The van der Waals surface area contributed by atoms with Crippen LogP contribution in [0.5, 0.6) is 5.75 Å². The number of anilines is 1. The van der Waals surface area contributed by atoms with Crippen molar-refractivity contribution in [2.45, 2.75) is 43.9 Å². The number of nitrogens with zero attached hydrogens (tertiary/aromatic N) is 1. The van der Waals surface area contributed by atoms with Crippen molar-refractivity contribution < 1.29 is 17.9 Å². The van der Waals surface area contributed by atoms with Gasteiger partial charge in [-0.25, -0.2) is 8.42 Å². The molecule has 0 bridgehead atoms. The molecular weight excluding hydrogens is 316 g/mol. The quantitative estimate of drug-likeness (QED) is 0.913. The predicted molar refractivity (Wildman–Crippen MR) is 88.0 cm³/mol. The zero-order valence-electron chi connectivity index (χ0n) is 13.6. The second-order valence-corrected chi connectivity index (χ2v) is 8.64. The molecule has 0 spiro atoms. The first-order chi connectivity index (χ1) is 10.8. The van der Waals surface area contributed by atoms with E-state index in [1.165, 1.54) is 11.4 Å². The van der Waals surface area contributed by atoms with Crippen LogP contribution in [0.3, 0.4) is 0 Å². The van der Waals surface area contributed by atoms with Crippen LogP contribution in [0.15, 0.2) is 18.2 Å². The zero-order valence-corrected chi connectivity index (χ0v) is 14.4. The number of rotatable bonds is 3. The molecule has 1 N–H and O–H groups in total. The van der Waals surface area contributed by atoms with Gasteiger partial charge < -0.3 is 10.1 Å². The molecule has 3 rings (SSSR count). The molecule has 6 nitrogen and oxygen atoms in total. The molecule has 2 atom stereocenters. The third-order valence-corrected chi connectivity index (χ3v) is 7.22. The first-order valence-electron chi connectivity index (χ1n) is 7.75. The maximum absolute atomic E-state index is 12.7. The lowest BCUT2D eigenvalue weighted by Crippen LogP contribution is -2.39. The Morgan fingerprint density at radius 2 is 2.17 bits per heavy atom. The average molecular weight is 338 g/mol. The molecule has 2 aliphatic heterocycles. The maximum atomic E-state index is 12.7. The molecule has 7 heteroatoms. The SMILES string of the molecule is COc1cc(C)ccc1NC(=O)C1CC2(C)CCCN2S1(=O)=O. The second kappa shape index (κ2) is 5.49. The molecule has 2 aliphatic rings. The van der Waals surface area contributed by atoms with Crippen LogP contribution in [0.4, 0.5) is 5.69 Å². The van der Waals surface area contributed by atoms with Gasteiger partial charge in [-0.05, 0) is 50.8 Å². The van der Waals surface area contributed by atoms with Crippen LogP contribution in [0.1, 0.15) is 31.7 Å². The van der Waals surface area contributed by atoms with E-state index in [0.717, 1.165) is 18.4 Å². The van der Waals surface area contributed by atoms with Crippen LogP contribution in [0.25, 0.3) is 0 Å². The van der Waals surface area contributed by atoms with Crippen LogP contribution in [0.2, 0.25) is 0 Å². The highest BCUT2D eigenvalue weighted by molar-refractivity contribution is 7.90. The summed E-state index contributed by atoms with van der Waals surface area (Å²) in [5.41, 5.74) is 1.08. The molecule has 0 saturated carbocycles. The van der Waals surface area contributed by atoms with Gasteiger partial charge in [0, 0.05) is 12.1 Å². The molecule has 2 fully saturated rings. The first-order valence-corrected chi connectivity index (χ1v) is 9.25. The van der Waals surface area contributed by atoms with Gasteiger partial charge in [0.25, 0.3) is 0 Å². The van der Waals surface area contributed by atoms with E-state index < -0.39 is 26.7 Å². The van der Waals surface area contributed by atoms with E-state index in [-0.39, 0.29) is 0 Å². The fourth-order valence-electron chi connectivity index (χ4n) is 3.64. The van der Waals surface area contributed by atoms with E-state index in [4.69, 9.17) is 4.74 Å². The number of carbonyl (C=O) groups excluding carboxylic acids is 1. The molecule has 0 aliphatic carbocycles. The van der Waals surface area contributed by atoms with Crippen molar-refractivity contribution in [3.05, 3.63) is 23.8 Å². The fraction of sp³-hybridized carbons (Fsp3) is 0.562. The highest BCUT2D eigenvalue weighted by atomic mass is 32.2. The standard InChI is InChI=1S/C16H22N2O4S/c1-11-5-6-12(13(9-11)22-3)17-15(19)14-10-16(2)7-4-8-18(16)23(14,20)21/h5-6,9,14H,4,7-8,10H2,1-3H3,(H,17,19). The van der Waals surface area contributed by atoms with E-state index >= 15 is 0 Å². The summed E-state index contributed by atoms with van der Waals surface area (Å²) in [6, 6.07) is 5.38. The van der Waals surface area contributed by atoms with Crippen molar-refractivity contribution in [1.29, 1.82) is 0 Å². The first kappa shape index (κ1) is 16.3. The monoisotopic (exact) mass is 338 g/mol. The van der Waals surface area contributed by atoms with Crippen LogP contribution < -0.4 is 10.1 Å². The Bertz CT molecular complexity index is 746. The summed E-state index contributed by atoms with van der Waals surface area (Å²) >= 11 is 0. The Morgan fingerprint density at radius 3 is 2.83 bits per heavy atom. The molecule has 0 radical (unpaired) electrons. The van der Waals surface area contributed by atoms with Crippen molar-refractivity contribution >= 4 is 21.6 Å². The smallest absolute Gasteiger partial charge is 0.244 e. The molecule has 126 valence electrons. The number of ether oxygens (including phenoxy) is 1. The molecule has 1 aromatic rings. The number of carbonyl (C=O) groups is 1. The summed E-state index contributed by atoms with van der Waals surface area (Å²) in [7, 11) is -2.07. The third kappa shape index (κ3) is 2.61. The van der Waals surface area contributed by atoms with Crippen LogP contribution in [-0.4, -0.2) is 43.1 Å². The number of fused-ring (bicyclic) bond motifs is 1. The summed E-state index contributed by atoms with van der Waals surface area (Å²) in [5.74, 6) is 0.0447. The number of nitrogens with one attached hydrogen (secondary N) is 1. The van der Waals surface area contributed by atoms with Crippen molar-refractivity contribution in [2.75, 3.05) is 19.0 Å². The molecular formula is C16H22N2O4S. The topological polar surface area (TPSA) is 75.7 Å². The lowest BCUT2D eigenvalue weighted by Gasteiger charge is -2.24. The van der Waals surface area contributed by atoms with Gasteiger partial charge in [0.1, 0.15) is 5.75 Å². The van der Waals surface area contributed by atoms with Crippen molar-refractivity contribution in [3.63, 3.8) is 0 Å². The zero-order chi connectivity index (χ0) is 16.8. The molecule has 0 aromatic heterocycles. The summed E-state index contributed by atoms with van der Waals surface area (Å²) in [5, 5.41) is 1.69. The Hall–Kier alpha value is -1.60. The average Bonchev–Trinajstić information content (AvgIpc) is 2.96. The normalized spacial score (nSPS) is 29.3. The van der Waals surface area contributed by atoms with Crippen LogP contribution >= 0.6 is 0 Å². The lowest BCUT2D eigenvalue weighted by atomic mass is 9.94. The van der Waals surface area contributed by atoms with Crippen molar-refractivity contribution in [2.24, 2.45) is 0 Å². The minimum absolute atomic E-state index is 0.343. The molecule has 1 aromatic carbocycles. The highest BCUT2D eigenvalue weighted by Gasteiger charge is 2.57. The van der Waals surface area contributed by atoms with Gasteiger partial charge >= 0.3 is 0 Å². The Labute approximate surface area is 136 Å². The van der Waals surface area contributed by atoms with E-state index in [1.807, 2.05) is 19.9 Å². The van der Waals surface area contributed by atoms with Gasteiger partial charge in [-0.1, -0.05) is 6.07 Å². The molecule has 23 heavy (non-hydrogen) atoms. The summed E-state index contributed by atoms with van der Waals surface area (Å²) < 4.78 is 32.1. The Morgan fingerprint density at radius 1 is 1.43 bits per heavy atom. The summed E-state index contributed by atoms with van der Waals surface area (Å²) in [6.07, 6.45) is 2.01. The van der Waals surface area contributed by atoms with Gasteiger partial charge in [0.05, 0.1) is 12.8 Å². The number of hydrogen-bond acceptors (Lipinski definition) is 4. The largest absolute Gasteiger partial charge is 0.495 e. The minimum Gasteiger partial charge on any atom is -0.495 e. The molecule has 2 unspecified atom stereocenters. The van der Waals surface area contributed by atoms with E-state index in [1.54, 1.807) is 12.1 Å². The minimum atomic E-state index is -3.59. The van der Waals surface area contributed by atoms with E-state index in [9.17, 15) is 13.2 Å². The number of methoxy groups -OCH3 is 1. The number of hydrogen-bond donors (Lipinski definition) is 1. The molecule has 2 heterocycles. The van der Waals surface area contributed by atoms with E-state index in [0.29, 0.717) is 24.4 Å². The predicted octanol–water partition coefficient (Wildman–Crippen LogP) is 1.90. The number of sulfonamides is 1. The lowest BCUT2D eigenvalue weighted by molar-refractivity contribution is -0.116. The van der Waals surface area contributed by atoms with Crippen LogP contribution in [0, 0.1) is 6.92 Å². The Kier molecular flexibility index (Phi) is 3.88. The number of amides is 1.